The Morgan fingerprint density at radius 1 is 1.15 bits per heavy atom. The fraction of sp³-hybridized carbons (Fsp3) is 0.556. The lowest BCUT2D eigenvalue weighted by molar-refractivity contribution is -0.131. The van der Waals surface area contributed by atoms with Crippen LogP contribution in [0, 0.1) is 18.8 Å². The molecule has 0 spiro atoms. The fourth-order valence-electron chi connectivity index (χ4n) is 4.37. The van der Waals surface area contributed by atoms with Gasteiger partial charge in [-0.15, -0.1) is 0 Å². The Kier molecular flexibility index (Phi) is 3.53. The number of carbonyl (C=O) groups excluding carboxylic acids is 2. The first-order valence-electron chi connectivity index (χ1n) is 9.21. The van der Waals surface area contributed by atoms with Gasteiger partial charge >= 0.3 is 0 Å². The van der Waals surface area contributed by atoms with Crippen molar-refractivity contribution in [2.75, 3.05) is 26.2 Å². The average molecular weight is 368 g/mol. The van der Waals surface area contributed by atoms with Crippen molar-refractivity contribution in [1.29, 1.82) is 0 Å². The van der Waals surface area contributed by atoms with Crippen molar-refractivity contribution in [2.24, 2.45) is 11.8 Å². The van der Waals surface area contributed by atoms with Crippen LogP contribution in [0.3, 0.4) is 0 Å². The Balaban J connectivity index is 1.45. The van der Waals surface area contributed by atoms with Crippen molar-refractivity contribution in [1.82, 2.24) is 29.9 Å². The number of likely N-dealkylation sites (tertiary alicyclic amines) is 2. The molecule has 1 saturated carbocycles. The van der Waals surface area contributed by atoms with Gasteiger partial charge in [-0.05, 0) is 19.8 Å². The van der Waals surface area contributed by atoms with Crippen molar-refractivity contribution in [2.45, 2.75) is 25.2 Å². The lowest BCUT2D eigenvalue weighted by Crippen LogP contribution is -2.41. The van der Waals surface area contributed by atoms with Crippen LogP contribution in [0.4, 0.5) is 0 Å². The summed E-state index contributed by atoms with van der Waals surface area (Å²) in [5, 5.41) is 3.95. The molecule has 5 rings (SSSR count). The van der Waals surface area contributed by atoms with Gasteiger partial charge in [0.05, 0.1) is 11.0 Å². The molecule has 2 amide bonds. The van der Waals surface area contributed by atoms with Crippen LogP contribution in [0.25, 0.3) is 0 Å². The zero-order chi connectivity index (χ0) is 18.6. The summed E-state index contributed by atoms with van der Waals surface area (Å²) in [4.78, 5) is 41.6. The van der Waals surface area contributed by atoms with E-state index in [1.54, 1.807) is 11.8 Å². The van der Waals surface area contributed by atoms with Gasteiger partial charge in [-0.25, -0.2) is 9.97 Å². The molecule has 2 aromatic rings. The van der Waals surface area contributed by atoms with Gasteiger partial charge in [0.2, 0.25) is 11.8 Å². The van der Waals surface area contributed by atoms with Gasteiger partial charge in [0.1, 0.15) is 6.33 Å². The average Bonchev–Trinajstić information content (AvgIpc) is 3.18. The predicted octanol–water partition coefficient (Wildman–Crippen LogP) is 0.430. The summed E-state index contributed by atoms with van der Waals surface area (Å²) in [5.41, 5.74) is -0.0443. The highest BCUT2D eigenvalue weighted by Crippen LogP contribution is 2.46. The van der Waals surface area contributed by atoms with E-state index in [0.29, 0.717) is 43.5 Å². The van der Waals surface area contributed by atoms with Crippen LogP contribution in [-0.2, 0) is 10.2 Å². The summed E-state index contributed by atoms with van der Waals surface area (Å²) >= 11 is 0. The molecule has 9 heteroatoms. The molecule has 0 aromatic carbocycles. The van der Waals surface area contributed by atoms with Crippen LogP contribution in [-0.4, -0.2) is 67.9 Å². The van der Waals surface area contributed by atoms with E-state index in [-0.39, 0.29) is 23.7 Å². The van der Waals surface area contributed by atoms with E-state index < -0.39 is 5.41 Å². The van der Waals surface area contributed by atoms with E-state index in [1.165, 1.54) is 18.7 Å². The first-order chi connectivity index (χ1) is 13.1. The molecule has 2 aromatic heterocycles. The minimum absolute atomic E-state index is 0.0774. The summed E-state index contributed by atoms with van der Waals surface area (Å²) in [5.74, 6) is 1.44. The Labute approximate surface area is 155 Å². The maximum absolute atomic E-state index is 12.9. The van der Waals surface area contributed by atoms with Crippen molar-refractivity contribution in [3.05, 3.63) is 36.0 Å². The van der Waals surface area contributed by atoms with E-state index >= 15 is 0 Å². The number of hydrogen-bond acceptors (Lipinski definition) is 7. The van der Waals surface area contributed by atoms with Crippen molar-refractivity contribution >= 4 is 11.8 Å². The molecule has 2 atom stereocenters. The third-order valence-corrected chi connectivity index (χ3v) is 5.90. The quantitative estimate of drug-likeness (QED) is 0.773. The highest BCUT2D eigenvalue weighted by atomic mass is 16.5. The first kappa shape index (κ1) is 16.3. The van der Waals surface area contributed by atoms with Crippen LogP contribution in [0.5, 0.6) is 0 Å². The molecule has 9 nitrogen and oxygen atoms in total. The lowest BCUT2D eigenvalue weighted by Gasteiger charge is -2.26. The molecule has 0 unspecified atom stereocenters. The number of amides is 2. The number of carbonyl (C=O) groups is 2. The van der Waals surface area contributed by atoms with E-state index in [0.717, 1.165) is 12.8 Å². The number of aryl methyl sites for hydroxylation is 1. The maximum Gasteiger partial charge on any atom is 0.257 e. The smallest absolute Gasteiger partial charge is 0.257 e. The Morgan fingerprint density at radius 2 is 1.85 bits per heavy atom. The molecule has 0 radical (unpaired) electrons. The first-order valence-corrected chi connectivity index (χ1v) is 9.21. The van der Waals surface area contributed by atoms with Gasteiger partial charge in [0.25, 0.3) is 5.91 Å². The highest BCUT2D eigenvalue weighted by molar-refractivity contribution is 5.94. The number of fused-ring (bicyclic) bond motifs is 1. The molecule has 3 aliphatic rings. The van der Waals surface area contributed by atoms with Crippen LogP contribution in [0.2, 0.25) is 0 Å². The minimum atomic E-state index is -0.503. The molecule has 3 fully saturated rings. The third-order valence-electron chi connectivity index (χ3n) is 5.90. The zero-order valence-electron chi connectivity index (χ0n) is 15.0. The van der Waals surface area contributed by atoms with Gasteiger partial charge in [-0.1, -0.05) is 5.16 Å². The Hall–Kier alpha value is -2.84. The summed E-state index contributed by atoms with van der Waals surface area (Å²) < 4.78 is 5.53. The van der Waals surface area contributed by atoms with Crippen LogP contribution in [0.1, 0.15) is 34.9 Å². The molecular weight excluding hydrogens is 348 g/mol. The van der Waals surface area contributed by atoms with Gasteiger partial charge in [0, 0.05) is 50.4 Å². The standard InChI is InChI=1S/C18H20N6O3/c1-11-21-17(27-22-11)18-8-23(15(25)12-2-3-12)6-14(18)7-24(9-18)16(26)13-4-19-10-20-5-13/h4-5,10,12,14H,2-3,6-9H2,1H3/t14-,18-/m1/s1. The second kappa shape index (κ2) is 5.83. The van der Waals surface area contributed by atoms with Crippen molar-refractivity contribution in [3.8, 4) is 0 Å². The van der Waals surface area contributed by atoms with Crippen LogP contribution < -0.4 is 0 Å². The summed E-state index contributed by atoms with van der Waals surface area (Å²) in [7, 11) is 0. The Morgan fingerprint density at radius 3 is 2.52 bits per heavy atom. The second-order valence-corrected chi connectivity index (χ2v) is 7.81. The van der Waals surface area contributed by atoms with Gasteiger partial charge in [-0.3, -0.25) is 9.59 Å². The largest absolute Gasteiger partial charge is 0.341 e. The predicted molar refractivity (Wildman–Crippen MR) is 91.4 cm³/mol. The van der Waals surface area contributed by atoms with Crippen molar-refractivity contribution < 1.29 is 14.1 Å². The molecule has 0 bridgehead atoms. The summed E-state index contributed by atoms with van der Waals surface area (Å²) in [6, 6.07) is 0. The molecular formula is C18H20N6O3. The molecule has 1 aliphatic carbocycles. The molecule has 27 heavy (non-hydrogen) atoms. The van der Waals surface area contributed by atoms with E-state index in [1.807, 2.05) is 4.90 Å². The summed E-state index contributed by atoms with van der Waals surface area (Å²) in [6.45, 7) is 3.90. The van der Waals surface area contributed by atoms with E-state index in [4.69, 9.17) is 4.52 Å². The van der Waals surface area contributed by atoms with E-state index in [2.05, 4.69) is 20.1 Å². The van der Waals surface area contributed by atoms with Crippen LogP contribution in [0.15, 0.2) is 23.2 Å². The minimum Gasteiger partial charge on any atom is -0.341 e. The number of rotatable bonds is 3. The number of aromatic nitrogens is 4. The number of hydrogen-bond donors (Lipinski definition) is 0. The molecule has 2 saturated heterocycles. The fourth-order valence-corrected chi connectivity index (χ4v) is 4.37. The maximum atomic E-state index is 12.9. The number of nitrogens with zero attached hydrogens (tertiary/aromatic N) is 6. The normalized spacial score (nSPS) is 27.1. The lowest BCUT2D eigenvalue weighted by atomic mass is 9.81. The van der Waals surface area contributed by atoms with Crippen molar-refractivity contribution in [3.63, 3.8) is 0 Å². The molecule has 140 valence electrons. The van der Waals surface area contributed by atoms with Crippen LogP contribution >= 0.6 is 0 Å². The molecule has 4 heterocycles. The zero-order valence-corrected chi connectivity index (χ0v) is 15.0. The van der Waals surface area contributed by atoms with Gasteiger partial charge in [-0.2, -0.15) is 4.98 Å². The summed E-state index contributed by atoms with van der Waals surface area (Å²) in [6.07, 6.45) is 6.40. The molecule has 0 N–H and O–H groups in total. The third kappa shape index (κ3) is 2.60. The SMILES string of the molecule is Cc1noc([C@]23CN(C(=O)c4cncnc4)C[C@H]2CN(C(=O)C2CC2)C3)n1. The monoisotopic (exact) mass is 368 g/mol. The highest BCUT2D eigenvalue weighted by Gasteiger charge is 2.59. The second-order valence-electron chi connectivity index (χ2n) is 7.81. The molecule has 2 aliphatic heterocycles. The topological polar surface area (TPSA) is 105 Å². The van der Waals surface area contributed by atoms with Gasteiger partial charge in [0.15, 0.2) is 5.82 Å². The van der Waals surface area contributed by atoms with E-state index in [9.17, 15) is 9.59 Å². The van der Waals surface area contributed by atoms with Gasteiger partial charge < -0.3 is 14.3 Å². The Bertz CT molecular complexity index is 896.